The van der Waals surface area contributed by atoms with Crippen molar-refractivity contribution in [3.63, 3.8) is 0 Å². The van der Waals surface area contributed by atoms with Crippen molar-refractivity contribution in [2.45, 2.75) is 20.3 Å². The number of carbonyl (C=O) groups excluding carboxylic acids is 1. The molecule has 0 aliphatic rings. The molecule has 0 spiro atoms. The maximum Gasteiger partial charge on any atom is 0.224 e. The Balaban J connectivity index is 2.44. The molecule has 0 atom stereocenters. The van der Waals surface area contributed by atoms with Crippen LogP contribution in [0.15, 0.2) is 24.3 Å². The third-order valence-corrected chi connectivity index (χ3v) is 2.20. The van der Waals surface area contributed by atoms with Crippen molar-refractivity contribution in [2.75, 3.05) is 6.54 Å². The number of halogens is 1. The van der Waals surface area contributed by atoms with Crippen molar-refractivity contribution in [1.29, 1.82) is 0 Å². The molecule has 0 aliphatic heterocycles. The summed E-state index contributed by atoms with van der Waals surface area (Å²) in [6, 6.07) is 7.38. The molecule has 1 rings (SSSR count). The highest BCUT2D eigenvalue weighted by Gasteiger charge is 2.03. The molecule has 82 valence electrons. The maximum atomic E-state index is 11.5. The molecule has 1 aromatic rings. The minimum Gasteiger partial charge on any atom is -0.356 e. The predicted molar refractivity (Wildman–Crippen MR) is 63.0 cm³/mol. The van der Waals surface area contributed by atoms with Crippen LogP contribution in [0.1, 0.15) is 19.4 Å². The quantitative estimate of drug-likeness (QED) is 0.839. The molecule has 0 aliphatic carbocycles. The van der Waals surface area contributed by atoms with E-state index in [0.29, 0.717) is 17.4 Å². The summed E-state index contributed by atoms with van der Waals surface area (Å²) in [5.41, 5.74) is 0.948. The Morgan fingerprint density at radius 3 is 2.80 bits per heavy atom. The van der Waals surface area contributed by atoms with Gasteiger partial charge < -0.3 is 5.32 Å². The molecule has 0 saturated carbocycles. The molecule has 1 aromatic carbocycles. The van der Waals surface area contributed by atoms with Crippen molar-refractivity contribution >= 4 is 17.5 Å². The lowest BCUT2D eigenvalue weighted by Crippen LogP contribution is -2.28. The Kier molecular flexibility index (Phi) is 4.63. The summed E-state index contributed by atoms with van der Waals surface area (Å²) in [6.07, 6.45) is 0.396. The highest BCUT2D eigenvalue weighted by atomic mass is 35.5. The monoisotopic (exact) mass is 225 g/mol. The zero-order chi connectivity index (χ0) is 11.3. The molecular formula is C12H16ClNO. The predicted octanol–water partition coefficient (Wildman–Crippen LogP) is 2.65. The van der Waals surface area contributed by atoms with Gasteiger partial charge in [-0.2, -0.15) is 0 Å². The van der Waals surface area contributed by atoms with E-state index in [1.165, 1.54) is 0 Å². The second kappa shape index (κ2) is 5.76. The molecule has 1 amide bonds. The van der Waals surface area contributed by atoms with Gasteiger partial charge in [0.1, 0.15) is 0 Å². The highest BCUT2D eigenvalue weighted by molar-refractivity contribution is 6.30. The van der Waals surface area contributed by atoms with E-state index in [9.17, 15) is 4.79 Å². The van der Waals surface area contributed by atoms with Crippen LogP contribution in [0.5, 0.6) is 0 Å². The Bertz CT molecular complexity index is 336. The van der Waals surface area contributed by atoms with Crippen LogP contribution in [0.25, 0.3) is 0 Å². The summed E-state index contributed by atoms with van der Waals surface area (Å²) in [7, 11) is 0. The van der Waals surface area contributed by atoms with E-state index in [1.54, 1.807) is 6.07 Å². The standard InChI is InChI=1S/C12H16ClNO/c1-9(2)8-14-12(15)7-10-4-3-5-11(13)6-10/h3-6,9H,7-8H2,1-2H3,(H,14,15). The number of carbonyl (C=O) groups is 1. The topological polar surface area (TPSA) is 29.1 Å². The minimum atomic E-state index is 0.0472. The van der Waals surface area contributed by atoms with Crippen molar-refractivity contribution in [2.24, 2.45) is 5.92 Å². The molecule has 0 radical (unpaired) electrons. The summed E-state index contributed by atoms with van der Waals surface area (Å²) in [5, 5.41) is 3.54. The van der Waals surface area contributed by atoms with Crippen molar-refractivity contribution < 1.29 is 4.79 Å². The zero-order valence-corrected chi connectivity index (χ0v) is 9.84. The number of amides is 1. The number of nitrogens with one attached hydrogen (secondary N) is 1. The molecule has 15 heavy (non-hydrogen) atoms. The number of rotatable bonds is 4. The molecule has 0 aromatic heterocycles. The SMILES string of the molecule is CC(C)CNC(=O)Cc1cccc(Cl)c1. The summed E-state index contributed by atoms with van der Waals surface area (Å²) in [4.78, 5) is 11.5. The second-order valence-corrected chi connectivity index (χ2v) is 4.44. The van der Waals surface area contributed by atoms with Crippen LogP contribution in [0.2, 0.25) is 5.02 Å². The Labute approximate surface area is 95.6 Å². The van der Waals surface area contributed by atoms with E-state index in [-0.39, 0.29) is 5.91 Å². The molecule has 2 nitrogen and oxygen atoms in total. The summed E-state index contributed by atoms with van der Waals surface area (Å²) in [6.45, 7) is 4.86. The molecule has 0 unspecified atom stereocenters. The van der Waals surface area contributed by atoms with Crippen LogP contribution in [-0.4, -0.2) is 12.5 Å². The van der Waals surface area contributed by atoms with E-state index in [4.69, 9.17) is 11.6 Å². The first-order valence-corrected chi connectivity index (χ1v) is 5.47. The van der Waals surface area contributed by atoms with Crippen LogP contribution >= 0.6 is 11.6 Å². The number of hydrogen-bond donors (Lipinski definition) is 1. The second-order valence-electron chi connectivity index (χ2n) is 4.00. The van der Waals surface area contributed by atoms with Gasteiger partial charge in [-0.15, -0.1) is 0 Å². The fourth-order valence-corrected chi connectivity index (χ4v) is 1.43. The van der Waals surface area contributed by atoms with Gasteiger partial charge in [-0.1, -0.05) is 37.6 Å². The molecule has 0 heterocycles. The van der Waals surface area contributed by atoms with Gasteiger partial charge in [0.05, 0.1) is 6.42 Å². The molecule has 0 bridgehead atoms. The van der Waals surface area contributed by atoms with Gasteiger partial charge in [0, 0.05) is 11.6 Å². The number of hydrogen-bond acceptors (Lipinski definition) is 1. The smallest absolute Gasteiger partial charge is 0.224 e. The van der Waals surface area contributed by atoms with E-state index in [2.05, 4.69) is 19.2 Å². The normalized spacial score (nSPS) is 10.4. The highest BCUT2D eigenvalue weighted by Crippen LogP contribution is 2.10. The number of benzene rings is 1. The van der Waals surface area contributed by atoms with Gasteiger partial charge in [-0.05, 0) is 23.6 Å². The summed E-state index contributed by atoms with van der Waals surface area (Å²) >= 11 is 5.82. The zero-order valence-electron chi connectivity index (χ0n) is 9.09. The molecule has 3 heteroatoms. The molecule has 0 saturated heterocycles. The van der Waals surface area contributed by atoms with Gasteiger partial charge in [0.15, 0.2) is 0 Å². The van der Waals surface area contributed by atoms with Crippen molar-refractivity contribution in [3.8, 4) is 0 Å². The van der Waals surface area contributed by atoms with Gasteiger partial charge in [0.25, 0.3) is 0 Å². The summed E-state index contributed by atoms with van der Waals surface area (Å²) in [5.74, 6) is 0.527. The van der Waals surface area contributed by atoms with E-state index < -0.39 is 0 Å². The lowest BCUT2D eigenvalue weighted by Gasteiger charge is -2.07. The average molecular weight is 226 g/mol. The van der Waals surface area contributed by atoms with Crippen LogP contribution < -0.4 is 5.32 Å². The third kappa shape index (κ3) is 4.84. The first kappa shape index (κ1) is 12.1. The Morgan fingerprint density at radius 1 is 1.47 bits per heavy atom. The molecule has 0 fully saturated rings. The van der Waals surface area contributed by atoms with Crippen LogP contribution in [0, 0.1) is 5.92 Å². The van der Waals surface area contributed by atoms with Crippen molar-refractivity contribution in [3.05, 3.63) is 34.9 Å². The van der Waals surface area contributed by atoms with Gasteiger partial charge in [-0.3, -0.25) is 4.79 Å². The molecule has 1 N–H and O–H groups in total. The first-order valence-electron chi connectivity index (χ1n) is 5.09. The maximum absolute atomic E-state index is 11.5. The van der Waals surface area contributed by atoms with Crippen LogP contribution in [0.3, 0.4) is 0 Å². The lowest BCUT2D eigenvalue weighted by atomic mass is 10.1. The fraction of sp³-hybridized carbons (Fsp3) is 0.417. The average Bonchev–Trinajstić information content (AvgIpc) is 2.15. The van der Waals surface area contributed by atoms with Crippen LogP contribution in [-0.2, 0) is 11.2 Å². The first-order chi connectivity index (χ1) is 7.08. The largest absolute Gasteiger partial charge is 0.356 e. The lowest BCUT2D eigenvalue weighted by molar-refractivity contribution is -0.120. The fourth-order valence-electron chi connectivity index (χ4n) is 1.21. The van der Waals surface area contributed by atoms with E-state index in [0.717, 1.165) is 12.1 Å². The molecular weight excluding hydrogens is 210 g/mol. The van der Waals surface area contributed by atoms with E-state index in [1.807, 2.05) is 18.2 Å². The Hall–Kier alpha value is -1.02. The third-order valence-electron chi connectivity index (χ3n) is 1.96. The van der Waals surface area contributed by atoms with E-state index >= 15 is 0 Å². The Morgan fingerprint density at radius 2 is 2.20 bits per heavy atom. The van der Waals surface area contributed by atoms with Gasteiger partial charge >= 0.3 is 0 Å². The van der Waals surface area contributed by atoms with Gasteiger partial charge in [0.2, 0.25) is 5.91 Å². The summed E-state index contributed by atoms with van der Waals surface area (Å²) < 4.78 is 0. The van der Waals surface area contributed by atoms with Crippen molar-refractivity contribution in [1.82, 2.24) is 5.32 Å². The van der Waals surface area contributed by atoms with Gasteiger partial charge in [-0.25, -0.2) is 0 Å². The minimum absolute atomic E-state index is 0.0472. The van der Waals surface area contributed by atoms with Crippen LogP contribution in [0.4, 0.5) is 0 Å².